The van der Waals surface area contributed by atoms with E-state index in [4.69, 9.17) is 0 Å². The van der Waals surface area contributed by atoms with Gasteiger partial charge in [0, 0.05) is 6.42 Å². The molecule has 0 aliphatic rings. The van der Waals surface area contributed by atoms with Crippen molar-refractivity contribution < 1.29 is 9.90 Å². The average Bonchev–Trinajstić information content (AvgIpc) is 3.03. The Kier molecular flexibility index (Phi) is 5.93. The molecule has 1 N–H and O–H groups in total. The van der Waals surface area contributed by atoms with Crippen LogP contribution in [0.2, 0.25) is 0 Å². The van der Waals surface area contributed by atoms with Crippen molar-refractivity contribution in [2.45, 2.75) is 46.2 Å². The first kappa shape index (κ1) is 21.1. The third-order valence-electron chi connectivity index (χ3n) is 4.61. The number of aromatic nitrogens is 3. The summed E-state index contributed by atoms with van der Waals surface area (Å²) in [6.45, 7) is 7.83. The summed E-state index contributed by atoms with van der Waals surface area (Å²) in [6, 6.07) is 14.6. The molecule has 0 spiro atoms. The number of aromatic carboxylic acids is 1. The minimum atomic E-state index is -1.01. The number of carbonyl (C=O) groups is 1. The van der Waals surface area contributed by atoms with Crippen molar-refractivity contribution in [1.82, 2.24) is 14.3 Å². The Morgan fingerprint density at radius 3 is 2.43 bits per heavy atom. The number of hydrogen-bond acceptors (Lipinski definition) is 3. The van der Waals surface area contributed by atoms with E-state index in [1.807, 2.05) is 64.1 Å². The van der Waals surface area contributed by atoms with E-state index in [-0.39, 0.29) is 17.8 Å². The summed E-state index contributed by atoms with van der Waals surface area (Å²) in [4.78, 5) is 24.9. The van der Waals surface area contributed by atoms with Gasteiger partial charge >= 0.3 is 11.7 Å². The Labute approximate surface area is 175 Å². The molecule has 0 bridgehead atoms. The lowest BCUT2D eigenvalue weighted by Crippen LogP contribution is -2.36. The molecule has 30 heavy (non-hydrogen) atoms. The van der Waals surface area contributed by atoms with Crippen LogP contribution in [0.3, 0.4) is 0 Å². The van der Waals surface area contributed by atoms with Gasteiger partial charge in [-0.3, -0.25) is 4.57 Å². The lowest BCUT2D eigenvalue weighted by molar-refractivity contribution is 0.0697. The molecule has 6 nitrogen and oxygen atoms in total. The molecule has 154 valence electrons. The van der Waals surface area contributed by atoms with Gasteiger partial charge in [-0.15, -0.1) is 5.10 Å². The van der Waals surface area contributed by atoms with Gasteiger partial charge in [-0.1, -0.05) is 55.3 Å². The maximum absolute atomic E-state index is 13.0. The molecule has 0 unspecified atom stereocenters. The summed E-state index contributed by atoms with van der Waals surface area (Å²) in [5, 5.41) is 14.2. The molecule has 1 heterocycles. The van der Waals surface area contributed by atoms with E-state index in [9.17, 15) is 14.7 Å². The highest BCUT2D eigenvalue weighted by Crippen LogP contribution is 2.25. The monoisotopic (exact) mass is 403 g/mol. The number of carboxylic acids is 1. The Bertz CT molecular complexity index is 1190. The van der Waals surface area contributed by atoms with Crippen molar-refractivity contribution in [3.63, 3.8) is 0 Å². The van der Waals surface area contributed by atoms with Crippen molar-refractivity contribution in [3.05, 3.63) is 76.0 Å². The smallest absolute Gasteiger partial charge is 0.347 e. The van der Waals surface area contributed by atoms with Gasteiger partial charge in [0.2, 0.25) is 5.82 Å². The highest BCUT2D eigenvalue weighted by atomic mass is 16.4. The first-order valence-electron chi connectivity index (χ1n) is 9.83. The minimum Gasteiger partial charge on any atom is -0.478 e. The van der Waals surface area contributed by atoms with Crippen molar-refractivity contribution in [3.8, 4) is 23.0 Å². The highest BCUT2D eigenvalue weighted by Gasteiger charge is 2.22. The topological polar surface area (TPSA) is 77.1 Å². The molecule has 0 aliphatic carbocycles. The molecule has 3 rings (SSSR count). The molecule has 0 radical (unpaired) electrons. The van der Waals surface area contributed by atoms with Crippen molar-refractivity contribution in [1.29, 1.82) is 0 Å². The number of nitrogens with zero attached hydrogens (tertiary/aromatic N) is 3. The Morgan fingerprint density at radius 2 is 1.83 bits per heavy atom. The van der Waals surface area contributed by atoms with Crippen molar-refractivity contribution >= 4 is 5.97 Å². The highest BCUT2D eigenvalue weighted by molar-refractivity contribution is 5.96. The van der Waals surface area contributed by atoms with Crippen LogP contribution in [0.15, 0.2) is 53.3 Å². The van der Waals surface area contributed by atoms with Gasteiger partial charge in [0.25, 0.3) is 0 Å². The molecule has 0 saturated carbocycles. The third-order valence-corrected chi connectivity index (χ3v) is 4.61. The summed E-state index contributed by atoms with van der Waals surface area (Å²) in [7, 11) is 0. The average molecular weight is 403 g/mol. The minimum absolute atomic E-state index is 0.191. The van der Waals surface area contributed by atoms with Crippen LogP contribution in [0.25, 0.3) is 11.1 Å². The van der Waals surface area contributed by atoms with E-state index in [1.54, 1.807) is 12.1 Å². The van der Waals surface area contributed by atoms with Gasteiger partial charge < -0.3 is 5.11 Å². The van der Waals surface area contributed by atoms with Gasteiger partial charge in [0.1, 0.15) is 0 Å². The Morgan fingerprint density at radius 1 is 1.13 bits per heavy atom. The van der Waals surface area contributed by atoms with Crippen LogP contribution in [-0.2, 0) is 12.1 Å². The van der Waals surface area contributed by atoms with Gasteiger partial charge in [0.05, 0.1) is 17.6 Å². The van der Waals surface area contributed by atoms with E-state index in [2.05, 4.69) is 16.9 Å². The van der Waals surface area contributed by atoms with E-state index < -0.39 is 11.5 Å². The van der Waals surface area contributed by atoms with Crippen molar-refractivity contribution in [2.24, 2.45) is 0 Å². The second kappa shape index (κ2) is 8.42. The lowest BCUT2D eigenvalue weighted by atomic mass is 9.97. The predicted molar refractivity (Wildman–Crippen MR) is 117 cm³/mol. The summed E-state index contributed by atoms with van der Waals surface area (Å²) in [5.41, 5.74) is 1.59. The quantitative estimate of drug-likeness (QED) is 0.669. The maximum atomic E-state index is 13.0. The Balaban J connectivity index is 2.09. The number of carboxylic acid groups (broad SMARTS) is 1. The molecule has 0 saturated heterocycles. The molecule has 2 aromatic carbocycles. The maximum Gasteiger partial charge on any atom is 0.347 e. The van der Waals surface area contributed by atoms with Crippen LogP contribution in [0.4, 0.5) is 0 Å². The number of benzene rings is 2. The van der Waals surface area contributed by atoms with E-state index in [0.717, 1.165) is 5.56 Å². The zero-order chi connectivity index (χ0) is 21.9. The summed E-state index contributed by atoms with van der Waals surface area (Å²) >= 11 is 0. The van der Waals surface area contributed by atoms with Crippen LogP contribution in [0, 0.1) is 11.8 Å². The van der Waals surface area contributed by atoms with Crippen LogP contribution in [-0.4, -0.2) is 25.4 Å². The van der Waals surface area contributed by atoms with Crippen LogP contribution in [0.5, 0.6) is 0 Å². The zero-order valence-electron chi connectivity index (χ0n) is 17.6. The molecular formula is C24H25N3O3. The SMILES string of the molecule is CCC#Cc1nn(C(C)(C)C)c(=O)n1Cc1ccc(-c2ccccc2)c(C(=O)O)c1. The fourth-order valence-corrected chi connectivity index (χ4v) is 3.15. The largest absolute Gasteiger partial charge is 0.478 e. The first-order chi connectivity index (χ1) is 14.2. The van der Waals surface area contributed by atoms with E-state index in [1.165, 1.54) is 9.25 Å². The van der Waals surface area contributed by atoms with Crippen molar-refractivity contribution in [2.75, 3.05) is 0 Å². The molecule has 1 aromatic heterocycles. The standard InChI is InChI=1S/C24H25N3O3/c1-5-6-12-21-25-27(24(2,3)4)23(30)26(21)16-17-13-14-19(20(15-17)22(28)29)18-10-8-7-9-11-18/h7-11,13-15H,5,16H2,1-4H3,(H,28,29). The molecule has 0 aliphatic heterocycles. The van der Waals surface area contributed by atoms with Gasteiger partial charge in [-0.25, -0.2) is 14.3 Å². The molecule has 0 fully saturated rings. The fourth-order valence-electron chi connectivity index (χ4n) is 3.15. The zero-order valence-corrected chi connectivity index (χ0v) is 17.6. The van der Waals surface area contributed by atoms with Crippen LogP contribution in [0.1, 0.15) is 55.9 Å². The van der Waals surface area contributed by atoms with Crippen LogP contribution < -0.4 is 5.69 Å². The van der Waals surface area contributed by atoms with E-state index >= 15 is 0 Å². The molecule has 0 atom stereocenters. The van der Waals surface area contributed by atoms with Gasteiger partial charge in [-0.2, -0.15) is 0 Å². The third kappa shape index (κ3) is 4.36. The van der Waals surface area contributed by atoms with Gasteiger partial charge in [0.15, 0.2) is 0 Å². The second-order valence-corrected chi connectivity index (χ2v) is 7.98. The second-order valence-electron chi connectivity index (χ2n) is 7.98. The summed E-state index contributed by atoms with van der Waals surface area (Å²) < 4.78 is 2.92. The lowest BCUT2D eigenvalue weighted by Gasteiger charge is -2.16. The molecule has 3 aromatic rings. The summed E-state index contributed by atoms with van der Waals surface area (Å²) in [5.74, 6) is 5.28. The van der Waals surface area contributed by atoms with E-state index in [0.29, 0.717) is 23.4 Å². The fraction of sp³-hybridized carbons (Fsp3) is 0.292. The summed E-state index contributed by atoms with van der Waals surface area (Å²) in [6.07, 6.45) is 0.644. The first-order valence-corrected chi connectivity index (χ1v) is 9.83. The molecule has 6 heteroatoms. The molecular weight excluding hydrogens is 378 g/mol. The number of rotatable bonds is 4. The van der Waals surface area contributed by atoms with Crippen LogP contribution >= 0.6 is 0 Å². The normalized spacial score (nSPS) is 11.1. The number of hydrogen-bond donors (Lipinski definition) is 1. The van der Waals surface area contributed by atoms with Gasteiger partial charge in [-0.05, 0) is 49.4 Å². The molecule has 0 amide bonds. The predicted octanol–water partition coefficient (Wildman–Crippen LogP) is 3.97. The Hall–Kier alpha value is -3.59.